The fourth-order valence-electron chi connectivity index (χ4n) is 2.44. The molecule has 2 N–H and O–H groups in total. The molecule has 2 aromatic carbocycles. The van der Waals surface area contributed by atoms with E-state index in [0.717, 1.165) is 5.56 Å². The van der Waals surface area contributed by atoms with E-state index in [1.54, 1.807) is 12.1 Å². The molecule has 0 aliphatic rings. The van der Waals surface area contributed by atoms with Gasteiger partial charge in [0.1, 0.15) is 5.69 Å². The maximum absolute atomic E-state index is 11.4. The quantitative estimate of drug-likeness (QED) is 0.515. The largest absolute Gasteiger partial charge is 0.358 e. The summed E-state index contributed by atoms with van der Waals surface area (Å²) >= 11 is 0. The van der Waals surface area contributed by atoms with Crippen LogP contribution in [0.15, 0.2) is 64.0 Å². The Balaban J connectivity index is 2.10. The Labute approximate surface area is 148 Å². The zero-order chi connectivity index (χ0) is 18.7. The summed E-state index contributed by atoms with van der Waals surface area (Å²) in [7, 11) is -3.84. The third-order valence-electron chi connectivity index (χ3n) is 3.58. The maximum Gasteiger partial charge on any atom is 0.294 e. The van der Waals surface area contributed by atoms with E-state index in [9.17, 15) is 18.5 Å². The summed E-state index contributed by atoms with van der Waals surface area (Å²) < 4.78 is 28.1. The Kier molecular flexibility index (Phi) is 4.69. The molecule has 3 aromatic rings. The molecule has 0 amide bonds. The monoisotopic (exact) mass is 375 g/mol. The highest BCUT2D eigenvalue weighted by atomic mass is 32.2. The lowest BCUT2D eigenvalue weighted by molar-refractivity contribution is -0.763. The van der Waals surface area contributed by atoms with Crippen molar-refractivity contribution in [1.82, 2.24) is 5.16 Å². The first-order chi connectivity index (χ1) is 12.4. The summed E-state index contributed by atoms with van der Waals surface area (Å²) in [6.45, 7) is -0.431. The molecule has 0 fully saturated rings. The number of aromatic nitrogens is 1. The van der Waals surface area contributed by atoms with Gasteiger partial charge in [-0.3, -0.25) is 0 Å². The van der Waals surface area contributed by atoms with E-state index < -0.39 is 21.7 Å². The van der Waals surface area contributed by atoms with E-state index in [0.29, 0.717) is 16.8 Å². The van der Waals surface area contributed by atoms with E-state index in [2.05, 4.69) is 9.99 Å². The molecule has 134 valence electrons. The van der Waals surface area contributed by atoms with Gasteiger partial charge in [-0.15, -0.1) is 10.1 Å². The van der Waals surface area contributed by atoms with Gasteiger partial charge in [0.25, 0.3) is 5.09 Å². The molecule has 0 saturated carbocycles. The fourth-order valence-corrected chi connectivity index (χ4v) is 2.95. The number of nitrogens with zero attached hydrogens (tertiary/aromatic N) is 2. The molecule has 1 aromatic heterocycles. The van der Waals surface area contributed by atoms with Crippen molar-refractivity contribution >= 4 is 10.0 Å². The third-order valence-corrected chi connectivity index (χ3v) is 4.51. The Morgan fingerprint density at radius 3 is 2.31 bits per heavy atom. The van der Waals surface area contributed by atoms with Crippen molar-refractivity contribution in [2.75, 3.05) is 0 Å². The number of hydrogen-bond donors (Lipinski definition) is 1. The number of benzene rings is 2. The summed E-state index contributed by atoms with van der Waals surface area (Å²) in [5.41, 5.74) is 2.21. The second-order valence-corrected chi connectivity index (χ2v) is 6.82. The predicted octanol–water partition coefficient (Wildman–Crippen LogP) is 2.36. The van der Waals surface area contributed by atoms with Crippen LogP contribution >= 0.6 is 0 Å². The molecule has 26 heavy (non-hydrogen) atoms. The van der Waals surface area contributed by atoms with Gasteiger partial charge in [-0.1, -0.05) is 47.6 Å². The average molecular weight is 375 g/mol. The fraction of sp³-hybridized carbons (Fsp3) is 0.0625. The minimum absolute atomic E-state index is 0.0537. The number of hydrogen-bond acceptors (Lipinski definition) is 7. The molecule has 10 heteroatoms. The molecule has 0 bridgehead atoms. The van der Waals surface area contributed by atoms with Gasteiger partial charge in [0, 0.05) is 5.56 Å². The van der Waals surface area contributed by atoms with Gasteiger partial charge in [0.2, 0.25) is 10.0 Å². The predicted molar refractivity (Wildman–Crippen MR) is 90.5 cm³/mol. The summed E-state index contributed by atoms with van der Waals surface area (Å²) in [6.07, 6.45) is 0. The summed E-state index contributed by atoms with van der Waals surface area (Å²) in [6, 6.07) is 14.8. The van der Waals surface area contributed by atoms with Crippen LogP contribution in [-0.2, 0) is 21.5 Å². The zero-order valence-corrected chi connectivity index (χ0v) is 14.0. The van der Waals surface area contributed by atoms with Crippen LogP contribution in [0.3, 0.4) is 0 Å². The van der Waals surface area contributed by atoms with Gasteiger partial charge in [0.05, 0.1) is 10.5 Å². The van der Waals surface area contributed by atoms with Crippen LogP contribution in [0.1, 0.15) is 5.76 Å². The molecule has 0 aliphatic carbocycles. The standard InChI is InChI=1S/C16H13N3O6S/c17-26(22,23)13-8-6-11(7-9-13)15-14(10-24-19(20)21)25-18-16(15)12-4-2-1-3-5-12/h1-9H,10H2,(H2,17,22,23). The molecule has 0 spiro atoms. The van der Waals surface area contributed by atoms with Crippen molar-refractivity contribution in [2.45, 2.75) is 11.5 Å². The average Bonchev–Trinajstić information content (AvgIpc) is 3.04. The molecule has 0 radical (unpaired) electrons. The molecule has 0 saturated heterocycles. The van der Waals surface area contributed by atoms with Crippen molar-refractivity contribution in [1.29, 1.82) is 0 Å². The molecule has 0 unspecified atom stereocenters. The molecule has 0 atom stereocenters. The second kappa shape index (κ2) is 6.94. The SMILES string of the molecule is NS(=O)(=O)c1ccc(-c2c(-c3ccccc3)noc2CO[N+](=O)[O-])cc1. The minimum atomic E-state index is -3.84. The van der Waals surface area contributed by atoms with Gasteiger partial charge in [-0.2, -0.15) is 0 Å². The molecule has 1 heterocycles. The van der Waals surface area contributed by atoms with Crippen LogP contribution in [0.2, 0.25) is 0 Å². The van der Waals surface area contributed by atoms with E-state index in [4.69, 9.17) is 9.66 Å². The molecular weight excluding hydrogens is 362 g/mol. The Hall–Kier alpha value is -3.24. The number of rotatable bonds is 6. The van der Waals surface area contributed by atoms with Gasteiger partial charge in [0.15, 0.2) is 12.4 Å². The lowest BCUT2D eigenvalue weighted by Crippen LogP contribution is -2.11. The first-order valence-corrected chi connectivity index (χ1v) is 8.85. The van der Waals surface area contributed by atoms with Crippen LogP contribution in [0.4, 0.5) is 0 Å². The van der Waals surface area contributed by atoms with E-state index in [-0.39, 0.29) is 10.7 Å². The van der Waals surface area contributed by atoms with Gasteiger partial charge >= 0.3 is 0 Å². The lowest BCUT2D eigenvalue weighted by Gasteiger charge is -2.06. The highest BCUT2D eigenvalue weighted by Crippen LogP contribution is 2.35. The second-order valence-electron chi connectivity index (χ2n) is 5.26. The molecule has 9 nitrogen and oxygen atoms in total. The Morgan fingerprint density at radius 1 is 1.08 bits per heavy atom. The van der Waals surface area contributed by atoms with E-state index in [1.165, 1.54) is 24.3 Å². The van der Waals surface area contributed by atoms with Crippen molar-refractivity contribution in [2.24, 2.45) is 5.14 Å². The first-order valence-electron chi connectivity index (χ1n) is 7.31. The van der Waals surface area contributed by atoms with E-state index in [1.807, 2.05) is 18.2 Å². The highest BCUT2D eigenvalue weighted by molar-refractivity contribution is 7.89. The first kappa shape index (κ1) is 17.6. The minimum Gasteiger partial charge on any atom is -0.358 e. The summed E-state index contributed by atoms with van der Waals surface area (Å²) in [4.78, 5) is 14.8. The zero-order valence-electron chi connectivity index (χ0n) is 13.2. The Bertz CT molecular complexity index is 1030. The van der Waals surface area contributed by atoms with Gasteiger partial charge in [-0.25, -0.2) is 13.6 Å². The molecule has 3 rings (SSSR count). The van der Waals surface area contributed by atoms with Gasteiger partial charge in [-0.05, 0) is 17.7 Å². The molecule has 0 aliphatic heterocycles. The summed E-state index contributed by atoms with van der Waals surface area (Å²) in [5.74, 6) is 0.143. The van der Waals surface area contributed by atoms with Crippen molar-refractivity contribution in [3.8, 4) is 22.4 Å². The van der Waals surface area contributed by atoms with Crippen LogP contribution < -0.4 is 5.14 Å². The van der Waals surface area contributed by atoms with Crippen molar-refractivity contribution in [3.05, 3.63) is 70.5 Å². The van der Waals surface area contributed by atoms with Crippen LogP contribution in [-0.4, -0.2) is 18.7 Å². The lowest BCUT2D eigenvalue weighted by atomic mass is 9.99. The molecular formula is C16H13N3O6S. The summed E-state index contributed by atoms with van der Waals surface area (Å²) in [5, 5.41) is 18.7. The van der Waals surface area contributed by atoms with Crippen LogP contribution in [0.25, 0.3) is 22.4 Å². The highest BCUT2D eigenvalue weighted by Gasteiger charge is 2.21. The normalized spacial score (nSPS) is 11.3. The Morgan fingerprint density at radius 2 is 1.73 bits per heavy atom. The maximum atomic E-state index is 11.4. The smallest absolute Gasteiger partial charge is 0.294 e. The van der Waals surface area contributed by atoms with Crippen molar-refractivity contribution < 1.29 is 22.9 Å². The van der Waals surface area contributed by atoms with Crippen LogP contribution in [0.5, 0.6) is 0 Å². The van der Waals surface area contributed by atoms with Crippen LogP contribution in [0, 0.1) is 10.1 Å². The van der Waals surface area contributed by atoms with Crippen molar-refractivity contribution in [3.63, 3.8) is 0 Å². The number of sulfonamides is 1. The van der Waals surface area contributed by atoms with E-state index >= 15 is 0 Å². The third kappa shape index (κ3) is 3.71. The topological polar surface area (TPSA) is 139 Å². The number of nitrogens with two attached hydrogens (primary N) is 1. The van der Waals surface area contributed by atoms with Gasteiger partial charge < -0.3 is 9.36 Å². The number of primary sulfonamides is 1.